The molecule has 0 atom stereocenters. The van der Waals surface area contributed by atoms with Gasteiger partial charge in [-0.05, 0) is 42.0 Å². The number of esters is 1. The molecule has 0 aliphatic heterocycles. The Hall–Kier alpha value is -2.53. The normalized spacial score (nSPS) is 10.1. The molecular weight excluding hydrogens is 308 g/mol. The van der Waals surface area contributed by atoms with Crippen LogP contribution >= 0.6 is 11.6 Å². The van der Waals surface area contributed by atoms with Gasteiger partial charge in [-0.25, -0.2) is 9.59 Å². The number of carbonyl (C=O) groups excluding carboxylic acids is 1. The fraction of sp³-hybridized carbons (Fsp3) is 0.125. The molecule has 0 unspecified atom stereocenters. The first kappa shape index (κ1) is 15.9. The average molecular weight is 321 g/mol. The van der Waals surface area contributed by atoms with Crippen molar-refractivity contribution < 1.29 is 24.2 Å². The number of ether oxygens (including phenoxy) is 2. The van der Waals surface area contributed by atoms with Crippen molar-refractivity contribution in [1.29, 1.82) is 0 Å². The van der Waals surface area contributed by atoms with Crippen LogP contribution < -0.4 is 4.74 Å². The second-order valence-corrected chi connectivity index (χ2v) is 4.81. The first-order valence-electron chi connectivity index (χ1n) is 6.27. The zero-order valence-corrected chi connectivity index (χ0v) is 12.7. The van der Waals surface area contributed by atoms with Crippen molar-refractivity contribution in [3.05, 3.63) is 52.5 Å². The molecule has 0 spiro atoms. The quantitative estimate of drug-likeness (QED) is 0.873. The lowest BCUT2D eigenvalue weighted by Crippen LogP contribution is -2.03. The minimum atomic E-state index is -1.12. The molecule has 1 N–H and O–H groups in total. The molecule has 2 rings (SSSR count). The third-order valence-corrected chi connectivity index (χ3v) is 3.46. The lowest BCUT2D eigenvalue weighted by molar-refractivity contribution is 0.0600. The molecule has 2 aromatic rings. The zero-order chi connectivity index (χ0) is 16.3. The maximum atomic E-state index is 11.6. The fourth-order valence-corrected chi connectivity index (χ4v) is 2.26. The van der Waals surface area contributed by atoms with Gasteiger partial charge in [-0.2, -0.15) is 0 Å². The van der Waals surface area contributed by atoms with E-state index >= 15 is 0 Å². The summed E-state index contributed by atoms with van der Waals surface area (Å²) in [5.74, 6) is -1.22. The van der Waals surface area contributed by atoms with Crippen LogP contribution in [0.4, 0.5) is 0 Å². The summed E-state index contributed by atoms with van der Waals surface area (Å²) in [6.45, 7) is 0. The number of rotatable bonds is 4. The topological polar surface area (TPSA) is 72.8 Å². The highest BCUT2D eigenvalue weighted by Crippen LogP contribution is 2.33. The monoisotopic (exact) mass is 320 g/mol. The number of aromatic carboxylic acids is 1. The summed E-state index contributed by atoms with van der Waals surface area (Å²) < 4.78 is 9.70. The minimum Gasteiger partial charge on any atom is -0.497 e. The summed E-state index contributed by atoms with van der Waals surface area (Å²) in [6, 6.07) is 9.16. The molecule has 114 valence electrons. The van der Waals surface area contributed by atoms with Crippen LogP contribution in [0.2, 0.25) is 5.02 Å². The molecule has 0 fully saturated rings. The number of carboxylic acid groups (broad SMARTS) is 1. The zero-order valence-electron chi connectivity index (χ0n) is 11.9. The molecule has 0 aromatic heterocycles. The summed E-state index contributed by atoms with van der Waals surface area (Å²) in [5.41, 5.74) is 1.14. The van der Waals surface area contributed by atoms with E-state index in [9.17, 15) is 14.7 Å². The van der Waals surface area contributed by atoms with E-state index in [2.05, 4.69) is 4.74 Å². The van der Waals surface area contributed by atoms with Crippen molar-refractivity contribution in [3.63, 3.8) is 0 Å². The number of hydrogen-bond acceptors (Lipinski definition) is 4. The van der Waals surface area contributed by atoms with Gasteiger partial charge in [0.1, 0.15) is 5.75 Å². The van der Waals surface area contributed by atoms with E-state index in [1.165, 1.54) is 38.5 Å². The lowest BCUT2D eigenvalue weighted by Gasteiger charge is -2.11. The van der Waals surface area contributed by atoms with Crippen molar-refractivity contribution >= 4 is 23.5 Å². The van der Waals surface area contributed by atoms with Gasteiger partial charge in [0, 0.05) is 10.6 Å². The number of benzene rings is 2. The maximum absolute atomic E-state index is 11.6. The Kier molecular flexibility index (Phi) is 4.68. The smallest absolute Gasteiger partial charge is 0.337 e. The van der Waals surface area contributed by atoms with E-state index in [1.807, 2.05) is 0 Å². The lowest BCUT2D eigenvalue weighted by atomic mass is 9.97. The van der Waals surface area contributed by atoms with Gasteiger partial charge in [-0.3, -0.25) is 0 Å². The first-order valence-corrected chi connectivity index (χ1v) is 6.65. The van der Waals surface area contributed by atoms with Crippen molar-refractivity contribution in [2.24, 2.45) is 0 Å². The predicted molar refractivity (Wildman–Crippen MR) is 81.7 cm³/mol. The molecule has 2 aromatic carbocycles. The fourth-order valence-electron chi connectivity index (χ4n) is 2.04. The SMILES string of the molecule is COC(=O)c1ccc(Cl)c(-c2ccc(OC)cc2C(=O)O)c1. The van der Waals surface area contributed by atoms with Crippen LogP contribution in [0.1, 0.15) is 20.7 Å². The molecule has 22 heavy (non-hydrogen) atoms. The molecule has 5 nitrogen and oxygen atoms in total. The van der Waals surface area contributed by atoms with Gasteiger partial charge in [-0.1, -0.05) is 11.6 Å². The summed E-state index contributed by atoms with van der Waals surface area (Å²) in [4.78, 5) is 23.1. The number of hydrogen-bond donors (Lipinski definition) is 1. The second-order valence-electron chi connectivity index (χ2n) is 4.40. The Morgan fingerprint density at radius 1 is 1.05 bits per heavy atom. The van der Waals surface area contributed by atoms with E-state index < -0.39 is 11.9 Å². The van der Waals surface area contributed by atoms with Crippen molar-refractivity contribution in [3.8, 4) is 16.9 Å². The standard InChI is InChI=1S/C16H13ClO5/c1-21-10-4-5-11(13(8-10)15(18)19)12-7-9(16(20)22-2)3-6-14(12)17/h3-8H,1-2H3,(H,18,19). The molecule has 0 saturated heterocycles. The average Bonchev–Trinajstić information content (AvgIpc) is 2.54. The largest absolute Gasteiger partial charge is 0.497 e. The maximum Gasteiger partial charge on any atom is 0.337 e. The van der Waals surface area contributed by atoms with E-state index in [1.54, 1.807) is 12.1 Å². The number of carbonyl (C=O) groups is 2. The molecule has 0 bridgehead atoms. The van der Waals surface area contributed by atoms with Crippen LogP contribution in [-0.2, 0) is 4.74 Å². The molecule has 0 aliphatic rings. The van der Waals surface area contributed by atoms with Crippen molar-refractivity contribution in [2.45, 2.75) is 0 Å². The number of methoxy groups -OCH3 is 2. The molecule has 0 saturated carbocycles. The van der Waals surface area contributed by atoms with Crippen LogP contribution in [-0.4, -0.2) is 31.3 Å². The molecule has 0 radical (unpaired) electrons. The Morgan fingerprint density at radius 3 is 2.36 bits per heavy atom. The van der Waals surface area contributed by atoms with Crippen LogP contribution in [0, 0.1) is 0 Å². The van der Waals surface area contributed by atoms with Gasteiger partial charge in [0.25, 0.3) is 0 Å². The highest BCUT2D eigenvalue weighted by atomic mass is 35.5. The van der Waals surface area contributed by atoms with E-state index in [4.69, 9.17) is 16.3 Å². The summed E-state index contributed by atoms with van der Waals surface area (Å²) in [7, 11) is 2.72. The summed E-state index contributed by atoms with van der Waals surface area (Å²) >= 11 is 6.15. The predicted octanol–water partition coefficient (Wildman–Crippen LogP) is 3.50. The molecule has 0 aliphatic carbocycles. The Labute approximate surface area is 132 Å². The van der Waals surface area contributed by atoms with Gasteiger partial charge in [0.2, 0.25) is 0 Å². The second kappa shape index (κ2) is 6.49. The molecule has 0 heterocycles. The van der Waals surface area contributed by atoms with Gasteiger partial charge >= 0.3 is 11.9 Å². The van der Waals surface area contributed by atoms with Gasteiger partial charge in [-0.15, -0.1) is 0 Å². The van der Waals surface area contributed by atoms with Crippen molar-refractivity contribution in [1.82, 2.24) is 0 Å². The third-order valence-electron chi connectivity index (χ3n) is 3.13. The van der Waals surface area contributed by atoms with Crippen molar-refractivity contribution in [2.75, 3.05) is 14.2 Å². The number of halogens is 1. The molecular formula is C16H13ClO5. The molecule has 6 heteroatoms. The minimum absolute atomic E-state index is 0.0308. The van der Waals surface area contributed by atoms with E-state index in [0.29, 0.717) is 21.9 Å². The van der Waals surface area contributed by atoms with Gasteiger partial charge < -0.3 is 14.6 Å². The highest BCUT2D eigenvalue weighted by molar-refractivity contribution is 6.33. The van der Waals surface area contributed by atoms with E-state index in [0.717, 1.165) is 0 Å². The third kappa shape index (κ3) is 3.04. The van der Waals surface area contributed by atoms with Crippen LogP contribution in [0.5, 0.6) is 5.75 Å². The summed E-state index contributed by atoms with van der Waals surface area (Å²) in [5, 5.41) is 9.71. The first-order chi connectivity index (χ1) is 10.5. The van der Waals surface area contributed by atoms with Crippen LogP contribution in [0.3, 0.4) is 0 Å². The van der Waals surface area contributed by atoms with Crippen LogP contribution in [0.25, 0.3) is 11.1 Å². The number of carboxylic acids is 1. The summed E-state index contributed by atoms with van der Waals surface area (Å²) in [6.07, 6.45) is 0. The van der Waals surface area contributed by atoms with Crippen LogP contribution in [0.15, 0.2) is 36.4 Å². The Bertz CT molecular complexity index is 739. The Balaban J connectivity index is 2.65. The van der Waals surface area contributed by atoms with E-state index in [-0.39, 0.29) is 11.1 Å². The molecule has 0 amide bonds. The van der Waals surface area contributed by atoms with Gasteiger partial charge in [0.15, 0.2) is 0 Å². The van der Waals surface area contributed by atoms with Gasteiger partial charge in [0.05, 0.1) is 25.3 Å². The Morgan fingerprint density at radius 2 is 1.77 bits per heavy atom. The highest BCUT2D eigenvalue weighted by Gasteiger charge is 2.17.